The lowest BCUT2D eigenvalue weighted by atomic mass is 9.95. The number of thiophene rings is 1. The number of amides is 3. The molecule has 2 aromatic rings. The van der Waals surface area contributed by atoms with Crippen molar-refractivity contribution in [1.29, 1.82) is 0 Å². The van der Waals surface area contributed by atoms with Gasteiger partial charge in [0.25, 0.3) is 5.91 Å². The standard InChI is InChI=1S/C24H28ClN3O4S/c1-32-20-3-2-18(25)14-19(20)24(31)27-10-5-16(6-11-27)23(30)26-9-4-22(29)28-12-7-21-17(15-28)8-13-33-21/h2-3,8,13-14,16H,4-7,9-12,15H2,1H3,(H,26,30). The molecule has 4 rings (SSSR count). The summed E-state index contributed by atoms with van der Waals surface area (Å²) in [5, 5.41) is 5.46. The number of halogens is 1. The highest BCUT2D eigenvalue weighted by Crippen LogP contribution is 2.27. The van der Waals surface area contributed by atoms with Crippen LogP contribution in [0.4, 0.5) is 0 Å². The molecule has 33 heavy (non-hydrogen) atoms. The van der Waals surface area contributed by atoms with E-state index in [1.54, 1.807) is 34.4 Å². The van der Waals surface area contributed by atoms with Gasteiger partial charge in [-0.15, -0.1) is 11.3 Å². The van der Waals surface area contributed by atoms with E-state index < -0.39 is 0 Å². The first-order valence-corrected chi connectivity index (χ1v) is 12.5. The van der Waals surface area contributed by atoms with Crippen LogP contribution >= 0.6 is 22.9 Å². The second-order valence-electron chi connectivity index (χ2n) is 8.39. The number of nitrogens with zero attached hydrogens (tertiary/aromatic N) is 2. The van der Waals surface area contributed by atoms with E-state index in [1.807, 2.05) is 4.90 Å². The summed E-state index contributed by atoms with van der Waals surface area (Å²) < 4.78 is 5.29. The molecule has 1 N–H and O–H groups in total. The summed E-state index contributed by atoms with van der Waals surface area (Å²) >= 11 is 7.80. The van der Waals surface area contributed by atoms with E-state index in [-0.39, 0.29) is 23.6 Å². The number of likely N-dealkylation sites (tertiary alicyclic amines) is 1. The predicted octanol–water partition coefficient (Wildman–Crippen LogP) is 3.35. The minimum Gasteiger partial charge on any atom is -0.496 e. The Bertz CT molecular complexity index is 1030. The highest BCUT2D eigenvalue weighted by Gasteiger charge is 2.29. The molecule has 0 bridgehead atoms. The number of carbonyl (C=O) groups excluding carboxylic acids is 3. The SMILES string of the molecule is COc1ccc(Cl)cc1C(=O)N1CCC(C(=O)NCCC(=O)N2CCc3sccc3C2)CC1. The van der Waals surface area contributed by atoms with Crippen LogP contribution in [0.25, 0.3) is 0 Å². The fourth-order valence-electron chi connectivity index (χ4n) is 4.42. The molecule has 1 saturated heterocycles. The van der Waals surface area contributed by atoms with Crippen LogP contribution < -0.4 is 10.1 Å². The van der Waals surface area contributed by atoms with Crippen LogP contribution in [0.15, 0.2) is 29.6 Å². The van der Waals surface area contributed by atoms with Crippen LogP contribution in [0.3, 0.4) is 0 Å². The fourth-order valence-corrected chi connectivity index (χ4v) is 5.48. The second kappa shape index (κ2) is 10.6. The second-order valence-corrected chi connectivity index (χ2v) is 9.82. The number of nitrogens with one attached hydrogen (secondary N) is 1. The highest BCUT2D eigenvalue weighted by molar-refractivity contribution is 7.10. The van der Waals surface area contributed by atoms with Crippen LogP contribution in [0.1, 0.15) is 40.1 Å². The normalized spacial score (nSPS) is 16.3. The summed E-state index contributed by atoms with van der Waals surface area (Å²) in [6.45, 7) is 2.72. The van der Waals surface area contributed by atoms with Gasteiger partial charge in [0, 0.05) is 55.0 Å². The van der Waals surface area contributed by atoms with Crippen molar-refractivity contribution in [3.05, 3.63) is 50.7 Å². The van der Waals surface area contributed by atoms with Crippen molar-refractivity contribution in [2.75, 3.05) is 33.3 Å². The minimum absolute atomic E-state index is 0.0472. The molecule has 1 fully saturated rings. The van der Waals surface area contributed by atoms with Gasteiger partial charge in [0.05, 0.1) is 12.7 Å². The Hall–Kier alpha value is -2.58. The molecule has 2 aliphatic heterocycles. The summed E-state index contributed by atoms with van der Waals surface area (Å²) in [6.07, 6.45) is 2.38. The van der Waals surface area contributed by atoms with E-state index >= 15 is 0 Å². The van der Waals surface area contributed by atoms with Gasteiger partial charge in [0.15, 0.2) is 0 Å². The zero-order valence-electron chi connectivity index (χ0n) is 18.6. The first kappa shape index (κ1) is 23.6. The Morgan fingerprint density at radius 3 is 2.70 bits per heavy atom. The molecule has 0 spiro atoms. The number of ether oxygens (including phenoxy) is 1. The fraction of sp³-hybridized carbons (Fsp3) is 0.458. The van der Waals surface area contributed by atoms with E-state index in [9.17, 15) is 14.4 Å². The van der Waals surface area contributed by atoms with Gasteiger partial charge in [-0.2, -0.15) is 0 Å². The molecule has 1 aromatic heterocycles. The number of carbonyl (C=O) groups is 3. The number of fused-ring (bicyclic) bond motifs is 1. The Morgan fingerprint density at radius 1 is 1.15 bits per heavy atom. The molecule has 3 heterocycles. The van der Waals surface area contributed by atoms with E-state index in [0.29, 0.717) is 61.8 Å². The van der Waals surface area contributed by atoms with Crippen molar-refractivity contribution in [3.8, 4) is 5.75 Å². The maximum atomic E-state index is 12.9. The van der Waals surface area contributed by atoms with Crippen molar-refractivity contribution in [2.24, 2.45) is 5.92 Å². The third kappa shape index (κ3) is 5.50. The lowest BCUT2D eigenvalue weighted by molar-refractivity contribution is -0.132. The van der Waals surface area contributed by atoms with Crippen LogP contribution in [-0.2, 0) is 22.6 Å². The first-order chi connectivity index (χ1) is 16.0. The average molecular weight is 490 g/mol. The third-order valence-corrected chi connectivity index (χ3v) is 7.60. The number of piperidine rings is 1. The van der Waals surface area contributed by atoms with Gasteiger partial charge in [0.1, 0.15) is 5.75 Å². The van der Waals surface area contributed by atoms with Crippen LogP contribution in [0, 0.1) is 5.92 Å². The molecule has 0 aliphatic carbocycles. The van der Waals surface area contributed by atoms with Crippen molar-refractivity contribution >= 4 is 40.7 Å². The maximum absolute atomic E-state index is 12.9. The lowest BCUT2D eigenvalue weighted by Crippen LogP contribution is -2.44. The molecule has 0 saturated carbocycles. The van der Waals surface area contributed by atoms with Crippen LogP contribution in [0.2, 0.25) is 5.02 Å². The first-order valence-electron chi connectivity index (χ1n) is 11.2. The van der Waals surface area contributed by atoms with E-state index in [1.165, 1.54) is 17.6 Å². The summed E-state index contributed by atoms with van der Waals surface area (Å²) in [4.78, 5) is 43.0. The van der Waals surface area contributed by atoms with Gasteiger partial charge in [-0.05, 0) is 54.5 Å². The van der Waals surface area contributed by atoms with Crippen molar-refractivity contribution in [3.63, 3.8) is 0 Å². The molecule has 7 nitrogen and oxygen atoms in total. The van der Waals surface area contributed by atoms with Gasteiger partial charge in [-0.25, -0.2) is 0 Å². The zero-order chi connectivity index (χ0) is 23.4. The number of hydrogen-bond acceptors (Lipinski definition) is 5. The van der Waals surface area contributed by atoms with Gasteiger partial charge >= 0.3 is 0 Å². The quantitative estimate of drug-likeness (QED) is 0.675. The molecular weight excluding hydrogens is 462 g/mol. The van der Waals surface area contributed by atoms with Gasteiger partial charge in [0.2, 0.25) is 11.8 Å². The predicted molar refractivity (Wildman–Crippen MR) is 128 cm³/mol. The Morgan fingerprint density at radius 2 is 1.94 bits per heavy atom. The van der Waals surface area contributed by atoms with Crippen LogP contribution in [-0.4, -0.2) is 60.8 Å². The zero-order valence-corrected chi connectivity index (χ0v) is 20.2. The molecule has 0 unspecified atom stereocenters. The Kier molecular flexibility index (Phi) is 7.55. The highest BCUT2D eigenvalue weighted by atomic mass is 35.5. The van der Waals surface area contributed by atoms with Crippen molar-refractivity contribution in [2.45, 2.75) is 32.2 Å². The Labute approximate surface area is 202 Å². The summed E-state index contributed by atoms with van der Waals surface area (Å²) in [7, 11) is 1.52. The number of rotatable bonds is 6. The van der Waals surface area contributed by atoms with E-state index in [4.69, 9.17) is 16.3 Å². The van der Waals surface area contributed by atoms with Crippen LogP contribution in [0.5, 0.6) is 5.75 Å². The third-order valence-electron chi connectivity index (χ3n) is 6.34. The summed E-state index contributed by atoms with van der Waals surface area (Å²) in [6, 6.07) is 7.06. The largest absolute Gasteiger partial charge is 0.496 e. The molecule has 176 valence electrons. The number of benzene rings is 1. The van der Waals surface area contributed by atoms with Crippen molar-refractivity contribution in [1.82, 2.24) is 15.1 Å². The summed E-state index contributed by atoms with van der Waals surface area (Å²) in [5.74, 6) is 0.206. The monoisotopic (exact) mass is 489 g/mol. The molecule has 9 heteroatoms. The Balaban J connectivity index is 1.21. The average Bonchev–Trinajstić information content (AvgIpc) is 3.31. The van der Waals surface area contributed by atoms with Gasteiger partial charge in [-0.1, -0.05) is 11.6 Å². The lowest BCUT2D eigenvalue weighted by Gasteiger charge is -2.32. The van der Waals surface area contributed by atoms with Gasteiger partial charge < -0.3 is 19.9 Å². The molecule has 0 radical (unpaired) electrons. The van der Waals surface area contributed by atoms with E-state index in [2.05, 4.69) is 16.8 Å². The molecule has 0 atom stereocenters. The number of methoxy groups -OCH3 is 1. The smallest absolute Gasteiger partial charge is 0.257 e. The molecule has 1 aromatic carbocycles. The molecule has 2 aliphatic rings. The van der Waals surface area contributed by atoms with Gasteiger partial charge in [-0.3, -0.25) is 14.4 Å². The maximum Gasteiger partial charge on any atom is 0.257 e. The molecular formula is C24H28ClN3O4S. The topological polar surface area (TPSA) is 79.0 Å². The van der Waals surface area contributed by atoms with Crippen molar-refractivity contribution < 1.29 is 19.1 Å². The number of hydrogen-bond donors (Lipinski definition) is 1. The summed E-state index contributed by atoms with van der Waals surface area (Å²) in [5.41, 5.74) is 1.67. The minimum atomic E-state index is -0.159. The van der Waals surface area contributed by atoms with E-state index in [0.717, 1.165) is 13.0 Å². The molecule has 3 amide bonds.